The van der Waals surface area contributed by atoms with Crippen LogP contribution < -0.4 is 4.74 Å². The van der Waals surface area contributed by atoms with E-state index in [2.05, 4.69) is 4.98 Å². The van der Waals surface area contributed by atoms with E-state index in [0.717, 1.165) is 11.1 Å². The lowest BCUT2D eigenvalue weighted by atomic mass is 10.1. The van der Waals surface area contributed by atoms with Crippen LogP contribution in [0.15, 0.2) is 42.7 Å². The molecule has 0 fully saturated rings. The molecule has 0 saturated carbocycles. The van der Waals surface area contributed by atoms with Gasteiger partial charge >= 0.3 is 5.97 Å². The van der Waals surface area contributed by atoms with E-state index >= 15 is 0 Å². The van der Waals surface area contributed by atoms with Crippen molar-refractivity contribution in [3.63, 3.8) is 0 Å². The first-order valence-electron chi connectivity index (χ1n) is 5.52. The second kappa shape index (κ2) is 5.31. The number of nitrogens with zero attached hydrogens (tertiary/aromatic N) is 1. The van der Waals surface area contributed by atoms with Crippen molar-refractivity contribution >= 4 is 5.97 Å². The van der Waals surface area contributed by atoms with Gasteiger partial charge in [-0.05, 0) is 36.8 Å². The smallest absolute Gasteiger partial charge is 0.339 e. The van der Waals surface area contributed by atoms with Crippen LogP contribution in [0.3, 0.4) is 0 Å². The van der Waals surface area contributed by atoms with Crippen LogP contribution in [0.5, 0.6) is 5.75 Å². The summed E-state index contributed by atoms with van der Waals surface area (Å²) in [6, 6.07) is 8.77. The summed E-state index contributed by atoms with van der Waals surface area (Å²) >= 11 is 0. The Bertz CT molecular complexity index is 552. The van der Waals surface area contributed by atoms with E-state index < -0.39 is 5.97 Å². The van der Waals surface area contributed by atoms with Gasteiger partial charge in [-0.25, -0.2) is 4.79 Å². The number of rotatable bonds is 4. The molecule has 0 bridgehead atoms. The first-order valence-corrected chi connectivity index (χ1v) is 5.52. The minimum atomic E-state index is -0.983. The first-order chi connectivity index (χ1) is 8.66. The molecule has 1 heterocycles. The molecule has 0 aliphatic rings. The van der Waals surface area contributed by atoms with Crippen molar-refractivity contribution in [2.75, 3.05) is 0 Å². The Kier molecular flexibility index (Phi) is 3.57. The average molecular weight is 243 g/mol. The van der Waals surface area contributed by atoms with Gasteiger partial charge in [0.1, 0.15) is 17.9 Å². The van der Waals surface area contributed by atoms with Crippen molar-refractivity contribution in [1.29, 1.82) is 0 Å². The lowest BCUT2D eigenvalue weighted by molar-refractivity contribution is 0.0691. The van der Waals surface area contributed by atoms with E-state index in [1.54, 1.807) is 24.5 Å². The minimum absolute atomic E-state index is 0.184. The number of ether oxygens (including phenoxy) is 1. The third kappa shape index (κ3) is 2.85. The van der Waals surface area contributed by atoms with E-state index in [4.69, 9.17) is 9.84 Å². The zero-order valence-electron chi connectivity index (χ0n) is 9.96. The van der Waals surface area contributed by atoms with Crippen LogP contribution in [0, 0.1) is 6.92 Å². The summed E-state index contributed by atoms with van der Waals surface area (Å²) in [4.78, 5) is 15.0. The van der Waals surface area contributed by atoms with Crippen molar-refractivity contribution < 1.29 is 14.6 Å². The topological polar surface area (TPSA) is 59.4 Å². The van der Waals surface area contributed by atoms with Crippen LogP contribution in [-0.4, -0.2) is 16.1 Å². The summed E-state index contributed by atoms with van der Waals surface area (Å²) in [5, 5.41) is 9.10. The molecule has 1 N–H and O–H groups in total. The van der Waals surface area contributed by atoms with E-state index in [0.29, 0.717) is 12.4 Å². The number of carboxylic acids is 1. The van der Waals surface area contributed by atoms with Gasteiger partial charge in [0, 0.05) is 12.4 Å². The van der Waals surface area contributed by atoms with Crippen molar-refractivity contribution in [2.45, 2.75) is 13.5 Å². The van der Waals surface area contributed by atoms with Crippen LogP contribution in [0.4, 0.5) is 0 Å². The number of benzene rings is 1. The van der Waals surface area contributed by atoms with Crippen molar-refractivity contribution in [3.05, 3.63) is 59.4 Å². The molecule has 1 aromatic heterocycles. The molecule has 0 saturated heterocycles. The van der Waals surface area contributed by atoms with Crippen LogP contribution >= 0.6 is 0 Å². The molecule has 4 heteroatoms. The number of aromatic carboxylic acids is 1. The Hall–Kier alpha value is -2.36. The van der Waals surface area contributed by atoms with E-state index in [1.807, 2.05) is 25.1 Å². The minimum Gasteiger partial charge on any atom is -0.488 e. The first kappa shape index (κ1) is 12.1. The van der Waals surface area contributed by atoms with Gasteiger partial charge in [0.05, 0.1) is 0 Å². The summed E-state index contributed by atoms with van der Waals surface area (Å²) in [6.45, 7) is 2.17. The van der Waals surface area contributed by atoms with Gasteiger partial charge in [-0.3, -0.25) is 4.98 Å². The number of hydrogen-bond donors (Lipinski definition) is 1. The van der Waals surface area contributed by atoms with Crippen LogP contribution in [0.1, 0.15) is 21.5 Å². The Morgan fingerprint density at radius 1 is 1.28 bits per heavy atom. The molecular weight excluding hydrogens is 230 g/mol. The van der Waals surface area contributed by atoms with Crippen molar-refractivity contribution in [3.8, 4) is 5.75 Å². The van der Waals surface area contributed by atoms with Crippen molar-refractivity contribution in [2.24, 2.45) is 0 Å². The maximum atomic E-state index is 11.1. The number of aromatic nitrogens is 1. The fourth-order valence-corrected chi connectivity index (χ4v) is 1.58. The highest BCUT2D eigenvalue weighted by Gasteiger charge is 2.11. The third-order valence-electron chi connectivity index (χ3n) is 2.51. The predicted molar refractivity (Wildman–Crippen MR) is 66.7 cm³/mol. The molecule has 1 aromatic carbocycles. The summed E-state index contributed by atoms with van der Waals surface area (Å²) in [6.07, 6.45) is 3.35. The lowest BCUT2D eigenvalue weighted by Crippen LogP contribution is -2.03. The highest BCUT2D eigenvalue weighted by molar-refractivity contribution is 5.91. The number of carboxylic acid groups (broad SMARTS) is 1. The quantitative estimate of drug-likeness (QED) is 0.896. The summed E-state index contributed by atoms with van der Waals surface area (Å²) in [7, 11) is 0. The number of pyridine rings is 1. The standard InChI is InChI=1S/C14H13NO3/c1-10-2-3-13(12(8-10)14(16)17)18-9-11-4-6-15-7-5-11/h2-8H,9H2,1H3,(H,16,17). The zero-order valence-corrected chi connectivity index (χ0v) is 9.96. The summed E-state index contributed by atoms with van der Waals surface area (Å²) < 4.78 is 5.53. The molecule has 0 amide bonds. The zero-order chi connectivity index (χ0) is 13.0. The summed E-state index contributed by atoms with van der Waals surface area (Å²) in [5.74, 6) is -0.603. The Labute approximate surface area is 105 Å². The van der Waals surface area contributed by atoms with E-state index in [1.165, 1.54) is 0 Å². The average Bonchev–Trinajstić information content (AvgIpc) is 2.38. The molecule has 2 rings (SSSR count). The van der Waals surface area contributed by atoms with E-state index in [9.17, 15) is 4.79 Å². The molecule has 92 valence electrons. The highest BCUT2D eigenvalue weighted by atomic mass is 16.5. The Morgan fingerprint density at radius 3 is 2.67 bits per heavy atom. The number of hydrogen-bond acceptors (Lipinski definition) is 3. The predicted octanol–water partition coefficient (Wildman–Crippen LogP) is 2.67. The fourth-order valence-electron chi connectivity index (χ4n) is 1.58. The number of aryl methyl sites for hydroxylation is 1. The molecule has 0 atom stereocenters. The van der Waals surface area contributed by atoms with Gasteiger partial charge in [0.15, 0.2) is 0 Å². The number of carbonyl (C=O) groups is 1. The monoisotopic (exact) mass is 243 g/mol. The molecule has 0 unspecified atom stereocenters. The Morgan fingerprint density at radius 2 is 2.00 bits per heavy atom. The molecule has 4 nitrogen and oxygen atoms in total. The van der Waals surface area contributed by atoms with Crippen LogP contribution in [0.25, 0.3) is 0 Å². The molecule has 0 aliphatic heterocycles. The van der Waals surface area contributed by atoms with Crippen molar-refractivity contribution in [1.82, 2.24) is 4.98 Å². The van der Waals surface area contributed by atoms with Gasteiger partial charge in [-0.2, -0.15) is 0 Å². The summed E-state index contributed by atoms with van der Waals surface area (Å²) in [5.41, 5.74) is 2.02. The third-order valence-corrected chi connectivity index (χ3v) is 2.51. The van der Waals surface area contributed by atoms with Crippen LogP contribution in [0.2, 0.25) is 0 Å². The highest BCUT2D eigenvalue weighted by Crippen LogP contribution is 2.21. The largest absolute Gasteiger partial charge is 0.488 e. The normalized spacial score (nSPS) is 10.1. The maximum absolute atomic E-state index is 11.1. The van der Waals surface area contributed by atoms with Gasteiger partial charge < -0.3 is 9.84 Å². The SMILES string of the molecule is Cc1ccc(OCc2ccncc2)c(C(=O)O)c1. The lowest BCUT2D eigenvalue weighted by Gasteiger charge is -2.09. The van der Waals surface area contributed by atoms with Gasteiger partial charge in [0.2, 0.25) is 0 Å². The van der Waals surface area contributed by atoms with Gasteiger partial charge in [-0.1, -0.05) is 11.6 Å². The molecule has 2 aromatic rings. The molecule has 0 radical (unpaired) electrons. The van der Waals surface area contributed by atoms with Gasteiger partial charge in [0.25, 0.3) is 0 Å². The molecule has 18 heavy (non-hydrogen) atoms. The maximum Gasteiger partial charge on any atom is 0.339 e. The van der Waals surface area contributed by atoms with Gasteiger partial charge in [-0.15, -0.1) is 0 Å². The van der Waals surface area contributed by atoms with E-state index in [-0.39, 0.29) is 5.56 Å². The molecule has 0 spiro atoms. The fraction of sp³-hybridized carbons (Fsp3) is 0.143. The van der Waals surface area contributed by atoms with Crippen LogP contribution in [-0.2, 0) is 6.61 Å². The molecular formula is C14H13NO3. The second-order valence-electron chi connectivity index (χ2n) is 3.95. The second-order valence-corrected chi connectivity index (χ2v) is 3.95. The molecule has 0 aliphatic carbocycles. The Balaban J connectivity index is 2.17.